The number of carbonyl (C=O) groups is 10. The molecule has 2 saturated heterocycles. The second-order valence-corrected chi connectivity index (χ2v) is 17.9. The number of aliphatic hydroxyl groups is 2. The van der Waals surface area contributed by atoms with E-state index in [-0.39, 0.29) is 17.5 Å². The van der Waals surface area contributed by atoms with Gasteiger partial charge in [0.1, 0.15) is 53.7 Å². The van der Waals surface area contributed by atoms with Crippen LogP contribution >= 0.6 is 0 Å². The summed E-state index contributed by atoms with van der Waals surface area (Å²) in [5.41, 5.74) is -11.5. The van der Waals surface area contributed by atoms with E-state index in [1.807, 2.05) is 0 Å². The van der Waals surface area contributed by atoms with E-state index in [0.29, 0.717) is 0 Å². The highest BCUT2D eigenvalue weighted by Crippen LogP contribution is 2.70. The summed E-state index contributed by atoms with van der Waals surface area (Å²) in [5, 5.41) is 25.3. The van der Waals surface area contributed by atoms with E-state index in [1.54, 1.807) is 0 Å². The topological polar surface area (TPSA) is 316 Å². The molecule has 67 heavy (non-hydrogen) atoms. The number of ketones is 1. The zero-order valence-electron chi connectivity index (χ0n) is 38.1. The van der Waals surface area contributed by atoms with Crippen molar-refractivity contribution in [3.05, 3.63) is 29.6 Å². The highest BCUT2D eigenvalue weighted by atomic mass is 16.7. The van der Waals surface area contributed by atoms with Gasteiger partial charge in [-0.2, -0.15) is 0 Å². The van der Waals surface area contributed by atoms with Crippen molar-refractivity contribution in [1.82, 2.24) is 4.98 Å². The number of methoxy groups -OCH3 is 1. The minimum atomic E-state index is -3.09. The number of esters is 9. The molecule has 1 aromatic rings. The Morgan fingerprint density at radius 2 is 1.42 bits per heavy atom. The summed E-state index contributed by atoms with van der Waals surface area (Å²) in [4.78, 5) is 142. The van der Waals surface area contributed by atoms with Crippen molar-refractivity contribution < 1.29 is 106 Å². The number of nitrogens with zero attached hydrogens (tertiary/aromatic N) is 1. The first-order chi connectivity index (χ1) is 31.3. The summed E-state index contributed by atoms with van der Waals surface area (Å²) >= 11 is 0. The Kier molecular flexibility index (Phi) is 13.9. The second kappa shape index (κ2) is 18.5. The Balaban J connectivity index is 1.81. The lowest BCUT2D eigenvalue weighted by molar-refractivity contribution is -0.387. The van der Waals surface area contributed by atoms with Gasteiger partial charge in [0.2, 0.25) is 0 Å². The lowest BCUT2D eigenvalue weighted by Gasteiger charge is -2.67. The lowest BCUT2D eigenvalue weighted by Crippen LogP contribution is -2.89. The van der Waals surface area contributed by atoms with Gasteiger partial charge in [-0.1, -0.05) is 13.8 Å². The number of hydrogen-bond donors (Lipinski definition) is 2. The molecule has 2 saturated carbocycles. The zero-order chi connectivity index (χ0) is 49.7. The van der Waals surface area contributed by atoms with Crippen molar-refractivity contribution in [3.63, 3.8) is 0 Å². The average Bonchev–Trinajstić information content (AvgIpc) is 3.47. The SMILES string of the molecule is COC(=O)C[C@@H]1C(=O)CC[C@H](C)C(=O)O[C@@H]2[C@@H]3[C@@H](OC(C)=O)[C@@]45O[C@@]3(C)COC(=O)c3cnccc3[C@@H](C)[C@@H](O)C(=O)O[C@@H]([C@H](OC(C)=O)[C@H](OC(C)=O)[C@@]4(COC1=O)[C@@H]2OC(C)=O)[C@]5(C)O. The van der Waals surface area contributed by atoms with Gasteiger partial charge in [-0.3, -0.25) is 43.3 Å². The monoisotopic (exact) mass is 947 g/mol. The fraction of sp³-hybridized carbons (Fsp3) is 0.659. The molecule has 1 aromatic heterocycles. The summed E-state index contributed by atoms with van der Waals surface area (Å²) in [6, 6.07) is 1.32. The molecule has 6 bridgehead atoms. The van der Waals surface area contributed by atoms with Crippen LogP contribution in [0.2, 0.25) is 0 Å². The predicted octanol–water partition coefficient (Wildman–Crippen LogP) is -0.103. The van der Waals surface area contributed by atoms with Gasteiger partial charge in [-0.05, 0) is 31.9 Å². The number of pyridine rings is 1. The Bertz CT molecular complexity index is 2240. The molecule has 5 aliphatic rings. The third kappa shape index (κ3) is 8.49. The molecule has 0 radical (unpaired) electrons. The van der Waals surface area contributed by atoms with Crippen molar-refractivity contribution in [3.8, 4) is 0 Å². The van der Waals surface area contributed by atoms with E-state index in [1.165, 1.54) is 33.0 Å². The van der Waals surface area contributed by atoms with E-state index in [2.05, 4.69) is 4.98 Å². The number of aliphatic hydroxyl groups excluding tert-OH is 1. The number of cyclic esters (lactones) is 2. The number of fused-ring (bicyclic) bond motifs is 7. The number of hydrogen-bond acceptors (Lipinski definition) is 23. The molecule has 23 heteroatoms. The van der Waals surface area contributed by atoms with Crippen LogP contribution in [0.4, 0.5) is 0 Å². The summed E-state index contributed by atoms with van der Waals surface area (Å²) < 4.78 is 59.8. The molecule has 366 valence electrons. The van der Waals surface area contributed by atoms with Crippen LogP contribution in [-0.4, -0.2) is 155 Å². The average molecular weight is 948 g/mol. The smallest absolute Gasteiger partial charge is 0.340 e. The Morgan fingerprint density at radius 3 is 2.03 bits per heavy atom. The maximum Gasteiger partial charge on any atom is 0.340 e. The van der Waals surface area contributed by atoms with E-state index >= 15 is 0 Å². The molecule has 3 aliphatic heterocycles. The zero-order valence-corrected chi connectivity index (χ0v) is 38.1. The maximum absolute atomic E-state index is 14.5. The van der Waals surface area contributed by atoms with Crippen molar-refractivity contribution >= 4 is 59.5 Å². The third-order valence-corrected chi connectivity index (χ3v) is 13.5. The van der Waals surface area contributed by atoms with Gasteiger partial charge in [-0.25, -0.2) is 9.59 Å². The Hall–Kier alpha value is -6.07. The van der Waals surface area contributed by atoms with Crippen molar-refractivity contribution in [1.29, 1.82) is 0 Å². The first kappa shape index (κ1) is 50.3. The van der Waals surface area contributed by atoms with Crippen LogP contribution in [0.25, 0.3) is 0 Å². The molecule has 2 spiro atoms. The minimum absolute atomic E-state index is 0.0266. The number of rotatable bonds is 6. The molecule has 6 rings (SSSR count). The first-order valence-corrected chi connectivity index (χ1v) is 21.4. The molecule has 2 N–H and O–H groups in total. The molecule has 0 aromatic carbocycles. The fourth-order valence-corrected chi connectivity index (χ4v) is 10.5. The van der Waals surface area contributed by atoms with Crippen molar-refractivity contribution in [2.75, 3.05) is 20.3 Å². The van der Waals surface area contributed by atoms with Crippen LogP contribution < -0.4 is 0 Å². The summed E-state index contributed by atoms with van der Waals surface area (Å²) in [6.07, 6.45) is -14.9. The molecule has 0 unspecified atom stereocenters. The summed E-state index contributed by atoms with van der Waals surface area (Å²) in [6.45, 7) is 6.28. The van der Waals surface area contributed by atoms with E-state index in [9.17, 15) is 58.2 Å². The molecule has 15 atom stereocenters. The molecular formula is C44H53NO22. The maximum atomic E-state index is 14.5. The quantitative estimate of drug-likeness (QED) is 0.214. The Labute approximate surface area is 382 Å². The predicted molar refractivity (Wildman–Crippen MR) is 214 cm³/mol. The van der Waals surface area contributed by atoms with E-state index in [0.717, 1.165) is 47.9 Å². The van der Waals surface area contributed by atoms with E-state index < -0.39 is 174 Å². The van der Waals surface area contributed by atoms with Crippen molar-refractivity contribution in [2.45, 2.75) is 140 Å². The van der Waals surface area contributed by atoms with Gasteiger partial charge >= 0.3 is 53.7 Å². The van der Waals surface area contributed by atoms with Crippen LogP contribution in [0.15, 0.2) is 18.5 Å². The Morgan fingerprint density at radius 1 is 0.806 bits per heavy atom. The highest BCUT2D eigenvalue weighted by Gasteiger charge is 2.92. The molecule has 0 amide bonds. The number of ether oxygens (including phenoxy) is 10. The number of carbonyl (C=O) groups excluding carboxylic acids is 10. The van der Waals surface area contributed by atoms with Crippen LogP contribution in [0, 0.1) is 23.2 Å². The molecule has 2 aliphatic carbocycles. The van der Waals surface area contributed by atoms with Crippen LogP contribution in [0.1, 0.15) is 96.5 Å². The van der Waals surface area contributed by atoms with Crippen LogP contribution in [-0.2, 0) is 90.5 Å². The largest absolute Gasteiger partial charge is 0.469 e. The minimum Gasteiger partial charge on any atom is -0.469 e. The summed E-state index contributed by atoms with van der Waals surface area (Å²) in [5.74, 6) is -18.0. The highest BCUT2D eigenvalue weighted by molar-refractivity contribution is 6.01. The molecule has 23 nitrogen and oxygen atoms in total. The standard InChI is InChI=1S/C44H53NO22/c1-18-10-11-27(50)25(14-28(51)58-9)38(54)60-17-43-35(63-22(5)48)31(65-37(18)53)29-33(62-21(4)47)44(43)42(8,57)34(32(61-20(3)46)36(43)64-23(6)49)66-40(56)30(52)19(2)24-12-13-45-15-26(24)39(55)59-16-41(29,7)67-44/h12-13,15,18-19,25,29-36,52,57H,10-11,14,16-17H2,1-9H3/t18-,19+,25+,29+,30+,31+,32-,33+,34-,35+,36-,41-,42-,43+,44-/m0/s1. The normalized spacial score (nSPS) is 38.6. The van der Waals surface area contributed by atoms with Crippen LogP contribution in [0.5, 0.6) is 0 Å². The molecular weight excluding hydrogens is 894 g/mol. The van der Waals surface area contributed by atoms with Gasteiger partial charge in [0.15, 0.2) is 36.1 Å². The van der Waals surface area contributed by atoms with Gasteiger partial charge in [-0.15, -0.1) is 0 Å². The van der Waals surface area contributed by atoms with Crippen molar-refractivity contribution in [2.24, 2.45) is 23.2 Å². The fourth-order valence-electron chi connectivity index (χ4n) is 10.5. The summed E-state index contributed by atoms with van der Waals surface area (Å²) in [7, 11) is 0.992. The van der Waals surface area contributed by atoms with Gasteiger partial charge in [0.05, 0.1) is 30.9 Å². The second-order valence-electron chi connectivity index (χ2n) is 17.9. The first-order valence-electron chi connectivity index (χ1n) is 21.4. The molecule has 4 heterocycles. The molecule has 4 fully saturated rings. The third-order valence-electron chi connectivity index (χ3n) is 13.5. The van der Waals surface area contributed by atoms with Crippen LogP contribution in [0.3, 0.4) is 0 Å². The lowest BCUT2D eigenvalue weighted by atomic mass is 9.45. The van der Waals surface area contributed by atoms with E-state index in [4.69, 9.17) is 47.4 Å². The van der Waals surface area contributed by atoms with Gasteiger partial charge in [0.25, 0.3) is 0 Å². The van der Waals surface area contributed by atoms with Gasteiger partial charge < -0.3 is 57.6 Å². The number of Topliss-reactive ketones (excluding diaryl/α,β-unsaturated/α-hetero) is 1. The number of aromatic nitrogens is 1. The van der Waals surface area contributed by atoms with Gasteiger partial charge in [0, 0.05) is 52.4 Å².